The minimum absolute atomic E-state index is 0.0216. The number of thioether (sulfide) groups is 1. The molecule has 1 aliphatic carbocycles. The molecule has 2 rings (SSSR count). The lowest BCUT2D eigenvalue weighted by Gasteiger charge is -2.14. The van der Waals surface area contributed by atoms with Crippen molar-refractivity contribution in [2.24, 2.45) is 0 Å². The van der Waals surface area contributed by atoms with E-state index in [1.165, 1.54) is 11.8 Å². The molecule has 0 amide bonds. The zero-order valence-corrected chi connectivity index (χ0v) is 12.1. The number of hydrogen-bond donors (Lipinski definition) is 3. The molecule has 0 unspecified atom stereocenters. The molecule has 7 heteroatoms. The fraction of sp³-hybridized carbons (Fsp3) is 0.500. The highest BCUT2D eigenvalue weighted by Gasteiger charge is 2.45. The average Bonchev–Trinajstić information content (AvgIpc) is 3.11. The van der Waals surface area contributed by atoms with Gasteiger partial charge in [-0.25, -0.2) is 13.1 Å². The monoisotopic (exact) mass is 302 g/mol. The summed E-state index contributed by atoms with van der Waals surface area (Å²) >= 11 is 1.42. The number of anilines is 1. The zero-order chi connectivity index (χ0) is 13.9. The maximum absolute atomic E-state index is 11.9. The van der Waals surface area contributed by atoms with Crippen molar-refractivity contribution in [3.05, 3.63) is 24.3 Å². The Morgan fingerprint density at radius 2 is 2.05 bits per heavy atom. The Balaban J connectivity index is 1.84. The van der Waals surface area contributed by atoms with E-state index in [-0.39, 0.29) is 12.4 Å². The summed E-state index contributed by atoms with van der Waals surface area (Å²) in [5.74, 6) is 0.457. The molecule has 0 bridgehead atoms. The Labute approximate surface area is 117 Å². The van der Waals surface area contributed by atoms with Gasteiger partial charge in [0.1, 0.15) is 0 Å². The summed E-state index contributed by atoms with van der Waals surface area (Å²) in [4.78, 5) is 0.890. The molecule has 1 fully saturated rings. The Morgan fingerprint density at radius 3 is 2.63 bits per heavy atom. The van der Waals surface area contributed by atoms with E-state index in [9.17, 15) is 8.42 Å². The maximum Gasteiger partial charge on any atom is 0.213 e. The lowest BCUT2D eigenvalue weighted by Crippen LogP contribution is -2.41. The minimum Gasteiger partial charge on any atom is -0.398 e. The van der Waals surface area contributed by atoms with Crippen LogP contribution < -0.4 is 10.5 Å². The molecule has 0 saturated heterocycles. The second-order valence-corrected chi connectivity index (χ2v) is 7.72. The van der Waals surface area contributed by atoms with Crippen molar-refractivity contribution in [1.82, 2.24) is 4.72 Å². The Morgan fingerprint density at radius 1 is 1.37 bits per heavy atom. The van der Waals surface area contributed by atoms with Gasteiger partial charge in [-0.05, 0) is 25.0 Å². The van der Waals surface area contributed by atoms with Gasteiger partial charge in [-0.2, -0.15) is 0 Å². The van der Waals surface area contributed by atoms with Crippen molar-refractivity contribution < 1.29 is 13.5 Å². The van der Waals surface area contributed by atoms with Crippen LogP contribution in [-0.2, 0) is 10.0 Å². The van der Waals surface area contributed by atoms with Gasteiger partial charge in [-0.3, -0.25) is 0 Å². The van der Waals surface area contributed by atoms with E-state index < -0.39 is 15.6 Å². The standard InChI is InChI=1S/C12H18N2O3S2/c13-10-3-1-2-4-11(10)18-7-8-19(16,17)14-12(9-15)5-6-12/h1-4,14-15H,5-9,13H2. The summed E-state index contributed by atoms with van der Waals surface area (Å²) in [5.41, 5.74) is 5.86. The Bertz CT molecular complexity index is 542. The average molecular weight is 302 g/mol. The third kappa shape index (κ3) is 4.10. The lowest BCUT2D eigenvalue weighted by molar-refractivity contribution is 0.246. The van der Waals surface area contributed by atoms with Crippen LogP contribution in [0.1, 0.15) is 12.8 Å². The molecule has 1 aromatic rings. The Kier molecular flexibility index (Phi) is 4.39. The number of nitrogens with one attached hydrogen (secondary N) is 1. The number of aliphatic hydroxyl groups excluding tert-OH is 1. The van der Waals surface area contributed by atoms with Gasteiger partial charge in [-0.15, -0.1) is 11.8 Å². The highest BCUT2D eigenvalue weighted by Crippen LogP contribution is 2.35. The number of nitrogens with two attached hydrogens (primary N) is 1. The second-order valence-electron chi connectivity index (χ2n) is 4.75. The van der Waals surface area contributed by atoms with Gasteiger partial charge < -0.3 is 10.8 Å². The molecular weight excluding hydrogens is 284 g/mol. The predicted molar refractivity (Wildman–Crippen MR) is 77.6 cm³/mol. The van der Waals surface area contributed by atoms with E-state index >= 15 is 0 Å². The van der Waals surface area contributed by atoms with Crippen LogP contribution in [0.4, 0.5) is 5.69 Å². The number of nitrogen functional groups attached to an aromatic ring is 1. The molecule has 0 aromatic heterocycles. The van der Waals surface area contributed by atoms with E-state index in [0.717, 1.165) is 4.90 Å². The van der Waals surface area contributed by atoms with Crippen molar-refractivity contribution in [3.8, 4) is 0 Å². The molecule has 1 aromatic carbocycles. The van der Waals surface area contributed by atoms with Crippen molar-refractivity contribution in [2.75, 3.05) is 23.8 Å². The topological polar surface area (TPSA) is 92.4 Å². The fourth-order valence-corrected chi connectivity index (χ4v) is 4.57. The van der Waals surface area contributed by atoms with Crippen LogP contribution in [-0.4, -0.2) is 37.2 Å². The predicted octanol–water partition coefficient (Wildman–Crippen LogP) is 0.805. The summed E-state index contributed by atoms with van der Waals surface area (Å²) < 4.78 is 26.3. The Hall–Kier alpha value is -0.760. The van der Waals surface area contributed by atoms with Crippen LogP contribution in [0.5, 0.6) is 0 Å². The minimum atomic E-state index is -3.34. The number of hydrogen-bond acceptors (Lipinski definition) is 5. The molecule has 0 radical (unpaired) electrons. The van der Waals surface area contributed by atoms with Gasteiger partial charge in [0.2, 0.25) is 10.0 Å². The smallest absolute Gasteiger partial charge is 0.213 e. The normalized spacial score (nSPS) is 17.3. The molecule has 19 heavy (non-hydrogen) atoms. The lowest BCUT2D eigenvalue weighted by atomic mass is 10.3. The fourth-order valence-electron chi connectivity index (χ4n) is 1.70. The highest BCUT2D eigenvalue weighted by atomic mass is 32.2. The molecule has 5 nitrogen and oxygen atoms in total. The van der Waals surface area contributed by atoms with Gasteiger partial charge in [0.15, 0.2) is 0 Å². The number of para-hydroxylation sites is 1. The number of rotatable bonds is 7. The van der Waals surface area contributed by atoms with Gasteiger partial charge in [0.25, 0.3) is 0 Å². The van der Waals surface area contributed by atoms with Crippen molar-refractivity contribution in [1.29, 1.82) is 0 Å². The van der Waals surface area contributed by atoms with Crippen molar-refractivity contribution in [3.63, 3.8) is 0 Å². The molecule has 1 saturated carbocycles. The number of sulfonamides is 1. The van der Waals surface area contributed by atoms with Crippen LogP contribution in [0.2, 0.25) is 0 Å². The van der Waals surface area contributed by atoms with Gasteiger partial charge >= 0.3 is 0 Å². The van der Waals surface area contributed by atoms with Crippen LogP contribution in [0.15, 0.2) is 29.2 Å². The molecule has 0 spiro atoms. The molecule has 4 N–H and O–H groups in total. The molecule has 106 valence electrons. The second kappa shape index (κ2) is 5.70. The summed E-state index contributed by atoms with van der Waals surface area (Å²) in [5, 5.41) is 9.11. The SMILES string of the molecule is Nc1ccccc1SCCS(=O)(=O)NC1(CO)CC1. The van der Waals surface area contributed by atoms with Crippen LogP contribution in [0.25, 0.3) is 0 Å². The quantitative estimate of drug-likeness (QED) is 0.512. The summed E-state index contributed by atoms with van der Waals surface area (Å²) in [6.07, 6.45) is 1.42. The first-order chi connectivity index (χ1) is 8.96. The van der Waals surface area contributed by atoms with E-state index in [1.807, 2.05) is 18.2 Å². The van der Waals surface area contributed by atoms with Crippen LogP contribution in [0.3, 0.4) is 0 Å². The number of benzene rings is 1. The first-order valence-electron chi connectivity index (χ1n) is 6.06. The highest BCUT2D eigenvalue weighted by molar-refractivity contribution is 8.00. The van der Waals surface area contributed by atoms with Crippen molar-refractivity contribution in [2.45, 2.75) is 23.3 Å². The first-order valence-corrected chi connectivity index (χ1v) is 8.70. The molecule has 0 atom stereocenters. The van der Waals surface area contributed by atoms with E-state index in [0.29, 0.717) is 24.3 Å². The third-order valence-corrected chi connectivity index (χ3v) is 5.89. The zero-order valence-electron chi connectivity index (χ0n) is 10.5. The number of aliphatic hydroxyl groups is 1. The third-order valence-electron chi connectivity index (χ3n) is 3.06. The molecular formula is C12H18N2O3S2. The van der Waals surface area contributed by atoms with E-state index in [4.69, 9.17) is 10.8 Å². The van der Waals surface area contributed by atoms with Crippen molar-refractivity contribution >= 4 is 27.5 Å². The van der Waals surface area contributed by atoms with Crippen LogP contribution in [0, 0.1) is 0 Å². The van der Waals surface area contributed by atoms with E-state index in [1.54, 1.807) is 6.07 Å². The van der Waals surface area contributed by atoms with Gasteiger partial charge in [0, 0.05) is 16.3 Å². The molecule has 0 aliphatic heterocycles. The summed E-state index contributed by atoms with van der Waals surface area (Å²) in [6, 6.07) is 7.38. The van der Waals surface area contributed by atoms with Gasteiger partial charge in [-0.1, -0.05) is 12.1 Å². The molecule has 1 aliphatic rings. The molecule has 0 heterocycles. The maximum atomic E-state index is 11.9. The van der Waals surface area contributed by atoms with Crippen LogP contribution >= 0.6 is 11.8 Å². The largest absolute Gasteiger partial charge is 0.398 e. The summed E-state index contributed by atoms with van der Waals surface area (Å²) in [6.45, 7) is -0.134. The first kappa shape index (κ1) is 14.6. The summed E-state index contributed by atoms with van der Waals surface area (Å²) in [7, 11) is -3.34. The van der Waals surface area contributed by atoms with E-state index in [2.05, 4.69) is 4.72 Å². The van der Waals surface area contributed by atoms with Gasteiger partial charge in [0.05, 0.1) is 17.9 Å².